The van der Waals surface area contributed by atoms with E-state index in [1.165, 1.54) is 0 Å². The molecule has 0 amide bonds. The van der Waals surface area contributed by atoms with Crippen LogP contribution in [0.25, 0.3) is 5.69 Å². The first kappa shape index (κ1) is 11.6. The van der Waals surface area contributed by atoms with Crippen molar-refractivity contribution in [3.63, 3.8) is 0 Å². The van der Waals surface area contributed by atoms with Crippen molar-refractivity contribution < 1.29 is 5.11 Å². The Bertz CT molecular complexity index is 510. The Labute approximate surface area is 101 Å². The van der Waals surface area contributed by atoms with Gasteiger partial charge in [-0.3, -0.25) is 0 Å². The zero-order valence-corrected chi connectivity index (χ0v) is 10.0. The van der Waals surface area contributed by atoms with Crippen LogP contribution in [-0.4, -0.2) is 14.9 Å². The summed E-state index contributed by atoms with van der Waals surface area (Å²) < 4.78 is 1.76. The van der Waals surface area contributed by atoms with Gasteiger partial charge in [0.05, 0.1) is 11.9 Å². The fourth-order valence-electron chi connectivity index (χ4n) is 1.62. The van der Waals surface area contributed by atoms with Gasteiger partial charge in [-0.2, -0.15) is 5.10 Å². The van der Waals surface area contributed by atoms with E-state index in [9.17, 15) is 5.11 Å². The molecule has 0 aliphatic rings. The van der Waals surface area contributed by atoms with Gasteiger partial charge in [0.2, 0.25) is 0 Å². The number of nitrogens with zero attached hydrogens (tertiary/aromatic N) is 2. The van der Waals surface area contributed by atoms with Crippen molar-refractivity contribution in [1.82, 2.24) is 9.78 Å². The highest BCUT2D eigenvalue weighted by Gasteiger charge is 2.07. The molecule has 0 aliphatic heterocycles. The van der Waals surface area contributed by atoms with Crippen molar-refractivity contribution in [3.05, 3.63) is 59.9 Å². The second kappa shape index (κ2) is 4.97. The minimum Gasteiger partial charge on any atom is -0.384 e. The van der Waals surface area contributed by atoms with Crippen LogP contribution < -0.4 is 0 Å². The summed E-state index contributed by atoms with van der Waals surface area (Å²) in [6.07, 6.45) is 4.76. The van der Waals surface area contributed by atoms with Gasteiger partial charge in [-0.15, -0.1) is 0 Å². The summed E-state index contributed by atoms with van der Waals surface area (Å²) in [7, 11) is 0. The van der Waals surface area contributed by atoms with Crippen molar-refractivity contribution >= 4 is 0 Å². The molecule has 1 aromatic heterocycles. The van der Waals surface area contributed by atoms with Crippen LogP contribution in [0.4, 0.5) is 0 Å². The number of hydrogen-bond donors (Lipinski definition) is 1. The fraction of sp³-hybridized carbons (Fsp3) is 0.214. The average Bonchev–Trinajstić information content (AvgIpc) is 2.78. The molecule has 0 bridgehead atoms. The van der Waals surface area contributed by atoms with Crippen LogP contribution in [0.5, 0.6) is 0 Å². The summed E-state index contributed by atoms with van der Waals surface area (Å²) in [5, 5.41) is 14.2. The molecule has 0 saturated carbocycles. The van der Waals surface area contributed by atoms with Gasteiger partial charge in [0.25, 0.3) is 0 Å². The van der Waals surface area contributed by atoms with Crippen LogP contribution in [0.2, 0.25) is 0 Å². The van der Waals surface area contributed by atoms with Crippen molar-refractivity contribution in [2.24, 2.45) is 0 Å². The Kier molecular flexibility index (Phi) is 3.40. The molecule has 3 nitrogen and oxygen atoms in total. The van der Waals surface area contributed by atoms with Crippen LogP contribution in [0.3, 0.4) is 0 Å². The number of rotatable bonds is 3. The monoisotopic (exact) mass is 228 g/mol. The minimum atomic E-state index is -0.586. The predicted molar refractivity (Wildman–Crippen MR) is 68.0 cm³/mol. The lowest BCUT2D eigenvalue weighted by molar-refractivity contribution is 0.227. The van der Waals surface area contributed by atoms with E-state index >= 15 is 0 Å². The van der Waals surface area contributed by atoms with E-state index < -0.39 is 6.10 Å². The highest BCUT2D eigenvalue weighted by atomic mass is 16.3. The number of aliphatic hydroxyl groups is 1. The van der Waals surface area contributed by atoms with E-state index in [2.05, 4.69) is 5.10 Å². The molecule has 2 aromatic rings. The zero-order valence-electron chi connectivity index (χ0n) is 10.0. The van der Waals surface area contributed by atoms with Crippen LogP contribution in [0, 0.1) is 0 Å². The SMILES string of the molecule is CC(C)=CC(O)c1cnn(-c2ccccc2)c1. The first-order valence-corrected chi connectivity index (χ1v) is 5.60. The summed E-state index contributed by atoms with van der Waals surface area (Å²) in [6, 6.07) is 9.84. The highest BCUT2D eigenvalue weighted by molar-refractivity contribution is 5.31. The first-order chi connectivity index (χ1) is 8.16. The molecule has 1 heterocycles. The molecule has 1 aromatic carbocycles. The molecule has 0 saturated heterocycles. The Balaban J connectivity index is 2.25. The van der Waals surface area contributed by atoms with Crippen molar-refractivity contribution in [3.8, 4) is 5.69 Å². The van der Waals surface area contributed by atoms with Crippen LogP contribution in [0.15, 0.2) is 54.4 Å². The normalized spacial score (nSPS) is 12.2. The number of allylic oxidation sites excluding steroid dienone is 1. The summed E-state index contributed by atoms with van der Waals surface area (Å²) in [5.41, 5.74) is 2.88. The molecule has 1 unspecified atom stereocenters. The van der Waals surface area contributed by atoms with E-state index in [1.54, 1.807) is 10.9 Å². The smallest absolute Gasteiger partial charge is 0.100 e. The van der Waals surface area contributed by atoms with E-state index in [1.807, 2.05) is 56.5 Å². The Morgan fingerprint density at radius 1 is 1.29 bits per heavy atom. The fourth-order valence-corrected chi connectivity index (χ4v) is 1.62. The van der Waals surface area contributed by atoms with Gasteiger partial charge in [0, 0.05) is 11.8 Å². The third-order valence-electron chi connectivity index (χ3n) is 2.46. The van der Waals surface area contributed by atoms with Crippen molar-refractivity contribution in [2.75, 3.05) is 0 Å². The molecule has 1 N–H and O–H groups in total. The molecular formula is C14H16N2O. The highest BCUT2D eigenvalue weighted by Crippen LogP contribution is 2.16. The number of benzene rings is 1. The molecule has 0 spiro atoms. The Morgan fingerprint density at radius 3 is 2.65 bits per heavy atom. The topological polar surface area (TPSA) is 38.1 Å². The second-order valence-corrected chi connectivity index (χ2v) is 4.24. The standard InChI is InChI=1S/C14H16N2O/c1-11(2)8-14(17)12-9-15-16(10-12)13-6-4-3-5-7-13/h3-10,14,17H,1-2H3. The van der Waals surface area contributed by atoms with E-state index in [0.717, 1.165) is 16.8 Å². The van der Waals surface area contributed by atoms with Crippen molar-refractivity contribution in [2.45, 2.75) is 20.0 Å². The molecule has 88 valence electrons. The lowest BCUT2D eigenvalue weighted by Crippen LogP contribution is -1.94. The van der Waals surface area contributed by atoms with E-state index in [4.69, 9.17) is 0 Å². The Morgan fingerprint density at radius 2 is 2.00 bits per heavy atom. The number of aromatic nitrogens is 2. The summed E-state index contributed by atoms with van der Waals surface area (Å²) >= 11 is 0. The maximum Gasteiger partial charge on any atom is 0.100 e. The van der Waals surface area contributed by atoms with Crippen LogP contribution >= 0.6 is 0 Å². The van der Waals surface area contributed by atoms with Gasteiger partial charge in [-0.1, -0.05) is 29.8 Å². The van der Waals surface area contributed by atoms with Crippen LogP contribution in [-0.2, 0) is 0 Å². The molecule has 0 aliphatic carbocycles. The predicted octanol–water partition coefficient (Wildman–Crippen LogP) is 2.87. The average molecular weight is 228 g/mol. The number of para-hydroxylation sites is 1. The summed E-state index contributed by atoms with van der Waals surface area (Å²) in [5.74, 6) is 0. The lowest BCUT2D eigenvalue weighted by atomic mass is 10.1. The molecule has 17 heavy (non-hydrogen) atoms. The largest absolute Gasteiger partial charge is 0.384 e. The molecule has 0 radical (unpaired) electrons. The van der Waals surface area contributed by atoms with Gasteiger partial charge in [-0.25, -0.2) is 4.68 Å². The summed E-state index contributed by atoms with van der Waals surface area (Å²) in [6.45, 7) is 3.93. The van der Waals surface area contributed by atoms with Gasteiger partial charge in [0.1, 0.15) is 6.10 Å². The molecule has 0 fully saturated rings. The number of aliphatic hydroxyl groups excluding tert-OH is 1. The van der Waals surface area contributed by atoms with Crippen molar-refractivity contribution in [1.29, 1.82) is 0 Å². The van der Waals surface area contributed by atoms with Gasteiger partial charge in [0.15, 0.2) is 0 Å². The third kappa shape index (κ3) is 2.82. The van der Waals surface area contributed by atoms with Crippen LogP contribution in [0.1, 0.15) is 25.5 Å². The minimum absolute atomic E-state index is 0.586. The maximum atomic E-state index is 9.92. The van der Waals surface area contributed by atoms with E-state index in [-0.39, 0.29) is 0 Å². The quantitative estimate of drug-likeness (QED) is 0.820. The molecular weight excluding hydrogens is 212 g/mol. The molecule has 3 heteroatoms. The maximum absolute atomic E-state index is 9.92. The van der Waals surface area contributed by atoms with Gasteiger partial charge < -0.3 is 5.11 Å². The zero-order chi connectivity index (χ0) is 12.3. The third-order valence-corrected chi connectivity index (χ3v) is 2.46. The molecule has 2 rings (SSSR count). The second-order valence-electron chi connectivity index (χ2n) is 4.24. The van der Waals surface area contributed by atoms with Gasteiger partial charge in [-0.05, 0) is 26.0 Å². The molecule has 1 atom stereocenters. The first-order valence-electron chi connectivity index (χ1n) is 5.60. The lowest BCUT2D eigenvalue weighted by Gasteiger charge is -2.03. The summed E-state index contributed by atoms with van der Waals surface area (Å²) in [4.78, 5) is 0. The Hall–Kier alpha value is -1.87. The number of hydrogen-bond acceptors (Lipinski definition) is 2. The van der Waals surface area contributed by atoms with E-state index in [0.29, 0.717) is 0 Å². The van der Waals surface area contributed by atoms with Gasteiger partial charge >= 0.3 is 0 Å².